The summed E-state index contributed by atoms with van der Waals surface area (Å²) in [5.74, 6) is 0.132. The third-order valence-electron chi connectivity index (χ3n) is 5.49. The first-order valence-corrected chi connectivity index (χ1v) is 10.4. The predicted octanol–water partition coefficient (Wildman–Crippen LogP) is 5.77. The minimum absolute atomic E-state index is 0.132. The molecular weight excluding hydrogens is 388 g/mol. The summed E-state index contributed by atoms with van der Waals surface area (Å²) in [6, 6.07) is 26.8. The van der Waals surface area contributed by atoms with Crippen molar-refractivity contribution in [2.75, 3.05) is 11.9 Å². The normalized spacial score (nSPS) is 11.2. The maximum Gasteiger partial charge on any atom is 0.170 e. The fourth-order valence-electron chi connectivity index (χ4n) is 4.04. The number of anilines is 1. The quantitative estimate of drug-likeness (QED) is 0.278. The summed E-state index contributed by atoms with van der Waals surface area (Å²) in [6.07, 6.45) is 4.24. The lowest BCUT2D eigenvalue weighted by atomic mass is 9.90. The molecule has 2 aromatic heterocycles. The second-order valence-corrected chi connectivity index (χ2v) is 7.74. The number of nitrogens with one attached hydrogen (secondary N) is 4. The highest BCUT2D eigenvalue weighted by Crippen LogP contribution is 2.34. The Morgan fingerprint density at radius 3 is 1.87 bits per heavy atom. The van der Waals surface area contributed by atoms with Gasteiger partial charge in [0, 0.05) is 52.3 Å². The topological polar surface area (TPSA) is 55.6 Å². The van der Waals surface area contributed by atoms with E-state index in [0.29, 0.717) is 11.7 Å². The van der Waals surface area contributed by atoms with Gasteiger partial charge in [-0.2, -0.15) is 0 Å². The van der Waals surface area contributed by atoms with E-state index >= 15 is 0 Å². The first-order valence-electron chi connectivity index (χ1n) is 10.0. The Morgan fingerprint density at radius 1 is 0.733 bits per heavy atom. The number of fused-ring (bicyclic) bond motifs is 2. The van der Waals surface area contributed by atoms with Gasteiger partial charge < -0.3 is 20.6 Å². The van der Waals surface area contributed by atoms with Crippen LogP contribution in [0.15, 0.2) is 91.3 Å². The molecule has 0 radical (unpaired) electrons. The zero-order valence-electron chi connectivity index (χ0n) is 16.4. The smallest absolute Gasteiger partial charge is 0.170 e. The van der Waals surface area contributed by atoms with Crippen LogP contribution in [-0.2, 0) is 0 Å². The van der Waals surface area contributed by atoms with Gasteiger partial charge in [-0.15, -0.1) is 0 Å². The van der Waals surface area contributed by atoms with Crippen LogP contribution in [0.5, 0.6) is 0 Å². The lowest BCUT2D eigenvalue weighted by Crippen LogP contribution is -2.32. The highest BCUT2D eigenvalue weighted by Gasteiger charge is 2.21. The van der Waals surface area contributed by atoms with Crippen molar-refractivity contribution >= 4 is 44.8 Å². The molecule has 0 saturated carbocycles. The summed E-state index contributed by atoms with van der Waals surface area (Å²) in [4.78, 5) is 6.84. The first-order chi connectivity index (χ1) is 14.8. The molecule has 0 unspecified atom stereocenters. The molecule has 30 heavy (non-hydrogen) atoms. The van der Waals surface area contributed by atoms with Gasteiger partial charge in [0.15, 0.2) is 5.11 Å². The summed E-state index contributed by atoms with van der Waals surface area (Å²) in [7, 11) is 0. The van der Waals surface area contributed by atoms with E-state index in [1.165, 1.54) is 21.9 Å². The highest BCUT2D eigenvalue weighted by molar-refractivity contribution is 7.80. The molecule has 0 aliphatic heterocycles. The number of benzene rings is 3. The number of para-hydroxylation sites is 3. The molecule has 4 N–H and O–H groups in total. The average molecular weight is 411 g/mol. The molecule has 0 aliphatic carbocycles. The lowest BCUT2D eigenvalue weighted by Gasteiger charge is -2.19. The van der Waals surface area contributed by atoms with Crippen molar-refractivity contribution in [2.45, 2.75) is 5.92 Å². The van der Waals surface area contributed by atoms with E-state index in [1.807, 2.05) is 30.3 Å². The molecule has 0 spiro atoms. The first kappa shape index (κ1) is 18.5. The minimum Gasteiger partial charge on any atom is -0.361 e. The third-order valence-corrected chi connectivity index (χ3v) is 5.74. The lowest BCUT2D eigenvalue weighted by molar-refractivity contribution is 0.771. The Kier molecular flexibility index (Phi) is 4.95. The summed E-state index contributed by atoms with van der Waals surface area (Å²) >= 11 is 5.57. The summed E-state index contributed by atoms with van der Waals surface area (Å²) in [5, 5.41) is 9.78. The fourth-order valence-corrected chi connectivity index (χ4v) is 4.24. The maximum atomic E-state index is 5.57. The molecule has 0 saturated heterocycles. The van der Waals surface area contributed by atoms with Gasteiger partial charge in [-0.1, -0.05) is 54.6 Å². The van der Waals surface area contributed by atoms with Crippen LogP contribution in [0.4, 0.5) is 5.69 Å². The van der Waals surface area contributed by atoms with Crippen LogP contribution >= 0.6 is 12.2 Å². The third kappa shape index (κ3) is 3.55. The van der Waals surface area contributed by atoms with Crippen LogP contribution in [-0.4, -0.2) is 21.6 Å². The van der Waals surface area contributed by atoms with E-state index in [2.05, 4.69) is 81.5 Å². The van der Waals surface area contributed by atoms with Crippen LogP contribution in [0.2, 0.25) is 0 Å². The van der Waals surface area contributed by atoms with Gasteiger partial charge in [0.2, 0.25) is 0 Å². The Hall–Kier alpha value is -3.57. The molecule has 0 bridgehead atoms. The number of aromatic nitrogens is 2. The van der Waals surface area contributed by atoms with Crippen LogP contribution in [0, 0.1) is 0 Å². The molecule has 5 aromatic rings. The molecule has 0 fully saturated rings. The van der Waals surface area contributed by atoms with Crippen LogP contribution in [0.25, 0.3) is 21.8 Å². The average Bonchev–Trinajstić information content (AvgIpc) is 3.40. The zero-order chi connectivity index (χ0) is 20.3. The fraction of sp³-hybridized carbons (Fsp3) is 0.0800. The van der Waals surface area contributed by atoms with Crippen molar-refractivity contribution in [3.63, 3.8) is 0 Å². The molecule has 0 amide bonds. The van der Waals surface area contributed by atoms with E-state index in [1.54, 1.807) is 0 Å². The van der Waals surface area contributed by atoms with Crippen molar-refractivity contribution in [3.05, 3.63) is 102 Å². The van der Waals surface area contributed by atoms with Gasteiger partial charge >= 0.3 is 0 Å². The van der Waals surface area contributed by atoms with Crippen LogP contribution < -0.4 is 10.6 Å². The molecule has 0 aliphatic rings. The SMILES string of the molecule is S=C(NCC(c1c[nH]c2ccccc12)c1c[nH]c2ccccc12)Nc1ccccc1. The van der Waals surface area contributed by atoms with Gasteiger partial charge in [0.25, 0.3) is 0 Å². The Morgan fingerprint density at radius 2 is 1.27 bits per heavy atom. The van der Waals surface area contributed by atoms with Crippen LogP contribution in [0.3, 0.4) is 0 Å². The van der Waals surface area contributed by atoms with Crippen molar-refractivity contribution in [1.29, 1.82) is 0 Å². The molecule has 4 nitrogen and oxygen atoms in total. The second kappa shape index (κ2) is 8.05. The van der Waals surface area contributed by atoms with Crippen molar-refractivity contribution in [2.24, 2.45) is 0 Å². The summed E-state index contributed by atoms with van der Waals surface area (Å²) in [5.41, 5.74) is 5.77. The highest BCUT2D eigenvalue weighted by atomic mass is 32.1. The van der Waals surface area contributed by atoms with E-state index < -0.39 is 0 Å². The Bertz CT molecular complexity index is 1230. The number of rotatable bonds is 5. The number of hydrogen-bond acceptors (Lipinski definition) is 1. The summed E-state index contributed by atoms with van der Waals surface area (Å²) < 4.78 is 0. The largest absolute Gasteiger partial charge is 0.361 e. The molecule has 5 heteroatoms. The van der Waals surface area contributed by atoms with E-state index in [4.69, 9.17) is 12.2 Å². The van der Waals surface area contributed by atoms with Gasteiger partial charge in [0.05, 0.1) is 0 Å². The molecule has 3 aromatic carbocycles. The molecule has 0 atom stereocenters. The van der Waals surface area contributed by atoms with Gasteiger partial charge in [-0.05, 0) is 47.6 Å². The van der Waals surface area contributed by atoms with Crippen LogP contribution in [0.1, 0.15) is 17.0 Å². The molecular formula is C25H22N4S. The summed E-state index contributed by atoms with van der Waals surface area (Å²) in [6.45, 7) is 0.683. The molecule has 2 heterocycles. The van der Waals surface area contributed by atoms with Crippen molar-refractivity contribution in [1.82, 2.24) is 15.3 Å². The Balaban J connectivity index is 1.48. The monoisotopic (exact) mass is 410 g/mol. The number of thiocarbonyl (C=S) groups is 1. The molecule has 148 valence electrons. The number of aromatic amines is 2. The number of hydrogen-bond donors (Lipinski definition) is 4. The van der Waals surface area contributed by atoms with Crippen molar-refractivity contribution in [3.8, 4) is 0 Å². The second-order valence-electron chi connectivity index (χ2n) is 7.33. The zero-order valence-corrected chi connectivity index (χ0v) is 17.2. The van der Waals surface area contributed by atoms with Gasteiger partial charge in [-0.25, -0.2) is 0 Å². The van der Waals surface area contributed by atoms with E-state index in [0.717, 1.165) is 16.7 Å². The minimum atomic E-state index is 0.132. The predicted molar refractivity (Wildman–Crippen MR) is 129 cm³/mol. The Labute approximate surface area is 180 Å². The standard InChI is InChI=1S/C25H22N4S/c30-25(29-17-8-2-1-3-9-17)28-16-22(20-14-26-23-12-6-4-10-18(20)23)21-15-27-24-13-7-5-11-19(21)24/h1-15,22,26-27H,16H2,(H2,28,29,30). The van der Waals surface area contributed by atoms with E-state index in [-0.39, 0.29) is 5.92 Å². The van der Waals surface area contributed by atoms with Gasteiger partial charge in [0.1, 0.15) is 0 Å². The van der Waals surface area contributed by atoms with E-state index in [9.17, 15) is 0 Å². The number of H-pyrrole nitrogens is 2. The maximum absolute atomic E-state index is 5.57. The molecule has 5 rings (SSSR count). The van der Waals surface area contributed by atoms with Gasteiger partial charge in [-0.3, -0.25) is 0 Å². The van der Waals surface area contributed by atoms with Crippen molar-refractivity contribution < 1.29 is 0 Å².